The van der Waals surface area contributed by atoms with Crippen molar-refractivity contribution in [2.45, 2.75) is 38.8 Å². The molecule has 2 rings (SSSR count). The van der Waals surface area contributed by atoms with Gasteiger partial charge >= 0.3 is 0 Å². The number of hydrogen-bond donors (Lipinski definition) is 1. The Hall–Kier alpha value is -1.62. The highest BCUT2D eigenvalue weighted by Gasteiger charge is 2.32. The smallest absolute Gasteiger partial charge is 0.292 e. The van der Waals surface area contributed by atoms with Crippen molar-refractivity contribution in [3.05, 3.63) is 33.9 Å². The van der Waals surface area contributed by atoms with Crippen LogP contribution in [-0.2, 0) is 6.54 Å². The van der Waals surface area contributed by atoms with Crippen LogP contribution < -0.4 is 5.32 Å². The van der Waals surface area contributed by atoms with Crippen LogP contribution in [0.3, 0.4) is 0 Å². The van der Waals surface area contributed by atoms with Gasteiger partial charge in [-0.15, -0.1) is 0 Å². The summed E-state index contributed by atoms with van der Waals surface area (Å²) in [5, 5.41) is 14.0. The van der Waals surface area contributed by atoms with Crippen molar-refractivity contribution in [3.8, 4) is 0 Å². The number of para-hydroxylation sites is 1. The predicted molar refractivity (Wildman–Crippen MR) is 76.4 cm³/mol. The highest BCUT2D eigenvalue weighted by molar-refractivity contribution is 5.66. The van der Waals surface area contributed by atoms with Crippen molar-refractivity contribution in [3.63, 3.8) is 0 Å². The Bertz CT molecular complexity index is 486. The van der Waals surface area contributed by atoms with Gasteiger partial charge in [0.1, 0.15) is 5.69 Å². The van der Waals surface area contributed by atoms with Crippen molar-refractivity contribution < 1.29 is 4.92 Å². The lowest BCUT2D eigenvalue weighted by molar-refractivity contribution is -0.384. The van der Waals surface area contributed by atoms with Crippen LogP contribution in [0.1, 0.15) is 32.3 Å². The van der Waals surface area contributed by atoms with E-state index in [2.05, 4.69) is 24.1 Å². The number of likely N-dealkylation sites (tertiary alicyclic amines) is 1. The van der Waals surface area contributed by atoms with Crippen LogP contribution in [0, 0.1) is 10.1 Å². The molecule has 5 nitrogen and oxygen atoms in total. The quantitative estimate of drug-likeness (QED) is 0.670. The number of rotatable bonds is 4. The number of nitrogens with zero attached hydrogens (tertiary/aromatic N) is 2. The van der Waals surface area contributed by atoms with Gasteiger partial charge in [-0.1, -0.05) is 12.1 Å². The minimum absolute atomic E-state index is 0.150. The molecule has 0 bridgehead atoms. The van der Waals surface area contributed by atoms with Crippen molar-refractivity contribution in [1.29, 1.82) is 0 Å². The van der Waals surface area contributed by atoms with Gasteiger partial charge in [0.2, 0.25) is 0 Å². The Morgan fingerprint density at radius 2 is 2.21 bits per heavy atom. The van der Waals surface area contributed by atoms with Crippen LogP contribution in [0.15, 0.2) is 18.2 Å². The maximum absolute atomic E-state index is 11.0. The Balaban J connectivity index is 2.30. The van der Waals surface area contributed by atoms with Crippen LogP contribution >= 0.6 is 0 Å². The molecule has 0 amide bonds. The minimum atomic E-state index is -0.329. The van der Waals surface area contributed by atoms with Gasteiger partial charge in [0, 0.05) is 25.2 Å². The lowest BCUT2D eigenvalue weighted by Crippen LogP contribution is -2.37. The number of anilines is 1. The molecule has 104 valence electrons. The molecule has 1 aliphatic heterocycles. The monoisotopic (exact) mass is 263 g/mol. The highest BCUT2D eigenvalue weighted by atomic mass is 16.6. The molecule has 1 N–H and O–H groups in total. The molecule has 1 fully saturated rings. The third-order valence-corrected chi connectivity index (χ3v) is 4.01. The molecule has 0 radical (unpaired) electrons. The van der Waals surface area contributed by atoms with Crippen LogP contribution in [0.2, 0.25) is 0 Å². The summed E-state index contributed by atoms with van der Waals surface area (Å²) in [6, 6.07) is 5.27. The lowest BCUT2D eigenvalue weighted by atomic mass is 10.0. The molecule has 0 aromatic heterocycles. The van der Waals surface area contributed by atoms with Gasteiger partial charge in [0.15, 0.2) is 0 Å². The van der Waals surface area contributed by atoms with Gasteiger partial charge in [-0.25, -0.2) is 0 Å². The Morgan fingerprint density at radius 1 is 1.47 bits per heavy atom. The van der Waals surface area contributed by atoms with Crippen molar-refractivity contribution >= 4 is 11.4 Å². The summed E-state index contributed by atoms with van der Waals surface area (Å²) in [5.74, 6) is 0. The number of nitro groups is 1. The predicted octanol–water partition coefficient (Wildman–Crippen LogP) is 3.01. The van der Waals surface area contributed by atoms with Gasteiger partial charge in [-0.2, -0.15) is 0 Å². The van der Waals surface area contributed by atoms with E-state index in [0.29, 0.717) is 5.69 Å². The SMILES string of the molecule is CNc1c(CN2CCCC2(C)C)cccc1[N+](=O)[O-]. The molecule has 0 unspecified atom stereocenters. The van der Waals surface area contributed by atoms with E-state index in [1.807, 2.05) is 6.07 Å². The molecule has 0 atom stereocenters. The first-order valence-electron chi connectivity index (χ1n) is 6.65. The summed E-state index contributed by atoms with van der Waals surface area (Å²) >= 11 is 0. The molecule has 1 aromatic carbocycles. The van der Waals surface area contributed by atoms with Gasteiger partial charge in [0.25, 0.3) is 5.69 Å². The third kappa shape index (κ3) is 2.71. The zero-order valence-electron chi connectivity index (χ0n) is 11.8. The second kappa shape index (κ2) is 5.17. The zero-order chi connectivity index (χ0) is 14.0. The van der Waals surface area contributed by atoms with Gasteiger partial charge < -0.3 is 5.32 Å². The lowest BCUT2D eigenvalue weighted by Gasteiger charge is -2.32. The molecule has 0 spiro atoms. The first-order valence-corrected chi connectivity index (χ1v) is 6.65. The van der Waals surface area contributed by atoms with E-state index in [0.717, 1.165) is 18.7 Å². The van der Waals surface area contributed by atoms with Crippen molar-refractivity contribution in [1.82, 2.24) is 4.90 Å². The number of nitrogens with one attached hydrogen (secondary N) is 1. The van der Waals surface area contributed by atoms with E-state index in [1.165, 1.54) is 12.8 Å². The largest absolute Gasteiger partial charge is 0.382 e. The molecule has 1 saturated heterocycles. The van der Waals surface area contributed by atoms with E-state index in [-0.39, 0.29) is 16.1 Å². The van der Waals surface area contributed by atoms with Crippen LogP contribution in [0.5, 0.6) is 0 Å². The Labute approximate surface area is 113 Å². The fraction of sp³-hybridized carbons (Fsp3) is 0.571. The van der Waals surface area contributed by atoms with Crippen LogP contribution in [0.4, 0.5) is 11.4 Å². The second-order valence-corrected chi connectivity index (χ2v) is 5.66. The molecule has 0 saturated carbocycles. The average molecular weight is 263 g/mol. The first-order chi connectivity index (χ1) is 8.95. The summed E-state index contributed by atoms with van der Waals surface area (Å²) in [4.78, 5) is 13.1. The molecular formula is C14H21N3O2. The van der Waals surface area contributed by atoms with Crippen LogP contribution in [-0.4, -0.2) is 29.0 Å². The summed E-state index contributed by atoms with van der Waals surface area (Å²) in [6.45, 7) is 6.27. The normalized spacial score (nSPS) is 18.5. The highest BCUT2D eigenvalue weighted by Crippen LogP contribution is 2.34. The van der Waals surface area contributed by atoms with E-state index in [1.54, 1.807) is 19.2 Å². The topological polar surface area (TPSA) is 58.4 Å². The molecule has 1 aromatic rings. The van der Waals surface area contributed by atoms with E-state index in [4.69, 9.17) is 0 Å². The van der Waals surface area contributed by atoms with Gasteiger partial charge in [-0.3, -0.25) is 15.0 Å². The maximum atomic E-state index is 11.0. The first kappa shape index (κ1) is 13.8. The average Bonchev–Trinajstić information content (AvgIpc) is 2.68. The fourth-order valence-electron chi connectivity index (χ4n) is 2.82. The fourth-order valence-corrected chi connectivity index (χ4v) is 2.82. The maximum Gasteiger partial charge on any atom is 0.292 e. The second-order valence-electron chi connectivity index (χ2n) is 5.66. The Kier molecular flexibility index (Phi) is 3.75. The van der Waals surface area contributed by atoms with Gasteiger partial charge in [-0.05, 0) is 38.8 Å². The Morgan fingerprint density at radius 3 is 2.74 bits per heavy atom. The van der Waals surface area contributed by atoms with Crippen molar-refractivity contribution in [2.24, 2.45) is 0 Å². The van der Waals surface area contributed by atoms with E-state index in [9.17, 15) is 10.1 Å². The van der Waals surface area contributed by atoms with Crippen molar-refractivity contribution in [2.75, 3.05) is 18.9 Å². The summed E-state index contributed by atoms with van der Waals surface area (Å²) in [7, 11) is 1.74. The minimum Gasteiger partial charge on any atom is -0.382 e. The third-order valence-electron chi connectivity index (χ3n) is 4.01. The van der Waals surface area contributed by atoms with Gasteiger partial charge in [0.05, 0.1) is 4.92 Å². The molecule has 19 heavy (non-hydrogen) atoms. The molecule has 0 aliphatic carbocycles. The standard InChI is InChI=1S/C14H21N3O2/c1-14(2)8-5-9-16(14)10-11-6-4-7-12(17(18)19)13(11)15-3/h4,6-7,15H,5,8-10H2,1-3H3. The number of benzene rings is 1. The molecule has 1 heterocycles. The van der Waals surface area contributed by atoms with E-state index >= 15 is 0 Å². The summed E-state index contributed by atoms with van der Waals surface area (Å²) in [5.41, 5.74) is 1.95. The molecule has 5 heteroatoms. The number of hydrogen-bond acceptors (Lipinski definition) is 4. The zero-order valence-corrected chi connectivity index (χ0v) is 11.8. The summed E-state index contributed by atoms with van der Waals surface area (Å²) in [6.07, 6.45) is 2.37. The van der Waals surface area contributed by atoms with E-state index < -0.39 is 0 Å². The summed E-state index contributed by atoms with van der Waals surface area (Å²) < 4.78 is 0. The molecular weight excluding hydrogens is 242 g/mol. The molecule has 1 aliphatic rings. The number of nitro benzene ring substituents is 1. The van der Waals surface area contributed by atoms with Crippen LogP contribution in [0.25, 0.3) is 0 Å².